The van der Waals surface area contributed by atoms with Gasteiger partial charge in [-0.3, -0.25) is 14.8 Å². The molecule has 0 radical (unpaired) electrons. The Hall–Kier alpha value is -2.80. The summed E-state index contributed by atoms with van der Waals surface area (Å²) in [5.41, 5.74) is 2.89. The van der Waals surface area contributed by atoms with Gasteiger partial charge in [0.15, 0.2) is 0 Å². The third-order valence-corrected chi connectivity index (χ3v) is 8.34. The second kappa shape index (κ2) is 10.2. The van der Waals surface area contributed by atoms with Gasteiger partial charge in [0.1, 0.15) is 4.88 Å². The van der Waals surface area contributed by atoms with Crippen molar-refractivity contribution in [3.05, 3.63) is 82.6 Å². The zero-order valence-electron chi connectivity index (χ0n) is 19.1. The lowest BCUT2D eigenvalue weighted by atomic mass is 9.89. The van der Waals surface area contributed by atoms with Crippen molar-refractivity contribution in [2.75, 3.05) is 7.05 Å². The Morgan fingerprint density at radius 2 is 1.94 bits per heavy atom. The summed E-state index contributed by atoms with van der Waals surface area (Å²) in [4.78, 5) is 25.2. The highest BCUT2D eigenvalue weighted by Gasteiger charge is 2.31. The summed E-state index contributed by atoms with van der Waals surface area (Å²) in [5.74, 6) is 0.0176. The van der Waals surface area contributed by atoms with Gasteiger partial charge in [0, 0.05) is 46.7 Å². The molecule has 5 rings (SSSR count). The Balaban J connectivity index is 1.47. The zero-order chi connectivity index (χ0) is 23.5. The van der Waals surface area contributed by atoms with E-state index in [-0.39, 0.29) is 11.9 Å². The molecular weight excluding hydrogens is 464 g/mol. The molecule has 1 N–H and O–H groups in total. The van der Waals surface area contributed by atoms with Crippen LogP contribution in [0.3, 0.4) is 0 Å². The molecule has 5 nitrogen and oxygen atoms in total. The largest absolute Gasteiger partial charge is 0.331 e. The van der Waals surface area contributed by atoms with E-state index in [1.165, 1.54) is 11.3 Å². The highest BCUT2D eigenvalue weighted by Crippen LogP contribution is 2.37. The number of rotatable bonds is 6. The molecule has 0 spiro atoms. The minimum atomic E-state index is 0.0176. The van der Waals surface area contributed by atoms with Crippen LogP contribution < -0.4 is 5.32 Å². The SMILES string of the molecule is CN[C@H]1CC[C@H](N(Cc2cccc(-c3cnccn3)c2)C(=O)c2sc3ccccc3c2Cl)CC1. The number of carbonyl (C=O) groups excluding carboxylic acids is 1. The van der Waals surface area contributed by atoms with Crippen molar-refractivity contribution in [1.29, 1.82) is 0 Å². The lowest BCUT2D eigenvalue weighted by Gasteiger charge is -2.37. The van der Waals surface area contributed by atoms with Gasteiger partial charge in [0.05, 0.1) is 16.9 Å². The molecular formula is C27H27ClN4OS. The molecule has 0 unspecified atom stereocenters. The van der Waals surface area contributed by atoms with Crippen molar-refractivity contribution >= 4 is 38.9 Å². The fourth-order valence-corrected chi connectivity index (χ4v) is 6.27. The molecule has 2 aromatic carbocycles. The maximum absolute atomic E-state index is 14.0. The Kier molecular flexibility index (Phi) is 6.90. The molecule has 1 saturated carbocycles. The van der Waals surface area contributed by atoms with Crippen molar-refractivity contribution in [2.24, 2.45) is 0 Å². The molecule has 7 heteroatoms. The van der Waals surface area contributed by atoms with Gasteiger partial charge in [0.25, 0.3) is 5.91 Å². The molecule has 0 saturated heterocycles. The lowest BCUT2D eigenvalue weighted by molar-refractivity contribution is 0.0606. The average Bonchev–Trinajstić information content (AvgIpc) is 3.24. The minimum absolute atomic E-state index is 0.0176. The first-order chi connectivity index (χ1) is 16.6. The Bertz CT molecular complexity index is 1280. The van der Waals surface area contributed by atoms with Crippen molar-refractivity contribution in [3.8, 4) is 11.3 Å². The summed E-state index contributed by atoms with van der Waals surface area (Å²) in [6.07, 6.45) is 9.20. The Morgan fingerprint density at radius 1 is 1.12 bits per heavy atom. The number of halogens is 1. The van der Waals surface area contributed by atoms with Gasteiger partial charge in [0.2, 0.25) is 0 Å². The fraction of sp³-hybridized carbons (Fsp3) is 0.296. The number of carbonyl (C=O) groups is 1. The van der Waals surface area contributed by atoms with E-state index in [9.17, 15) is 4.79 Å². The van der Waals surface area contributed by atoms with E-state index in [2.05, 4.69) is 27.4 Å². The van der Waals surface area contributed by atoms with Crippen LogP contribution in [0.5, 0.6) is 0 Å². The molecule has 0 aliphatic heterocycles. The quantitative estimate of drug-likeness (QED) is 0.350. The van der Waals surface area contributed by atoms with Gasteiger partial charge in [-0.2, -0.15) is 0 Å². The molecule has 2 aromatic heterocycles. The highest BCUT2D eigenvalue weighted by molar-refractivity contribution is 7.21. The second-order valence-corrected chi connectivity index (χ2v) is 10.2. The van der Waals surface area contributed by atoms with E-state index in [1.807, 2.05) is 48.3 Å². The molecule has 1 aliphatic carbocycles. The van der Waals surface area contributed by atoms with E-state index < -0.39 is 0 Å². The summed E-state index contributed by atoms with van der Waals surface area (Å²) in [5, 5.41) is 4.90. The molecule has 1 fully saturated rings. The third-order valence-electron chi connectivity index (χ3n) is 6.67. The van der Waals surface area contributed by atoms with Gasteiger partial charge in [-0.1, -0.05) is 48.0 Å². The number of nitrogens with one attached hydrogen (secondary N) is 1. The van der Waals surface area contributed by atoms with Crippen LogP contribution in [0.25, 0.3) is 21.3 Å². The van der Waals surface area contributed by atoms with Crippen LogP contribution in [-0.2, 0) is 6.54 Å². The van der Waals surface area contributed by atoms with E-state index in [0.717, 1.165) is 52.6 Å². The van der Waals surface area contributed by atoms with Gasteiger partial charge < -0.3 is 10.2 Å². The molecule has 4 aromatic rings. The van der Waals surface area contributed by atoms with Gasteiger partial charge in [-0.05, 0) is 50.4 Å². The van der Waals surface area contributed by atoms with E-state index in [0.29, 0.717) is 22.5 Å². The maximum Gasteiger partial charge on any atom is 0.266 e. The third kappa shape index (κ3) is 4.71. The van der Waals surface area contributed by atoms with Crippen molar-refractivity contribution < 1.29 is 4.79 Å². The normalized spacial score (nSPS) is 18.2. The molecule has 0 atom stereocenters. The smallest absolute Gasteiger partial charge is 0.266 e. The number of amides is 1. The van der Waals surface area contributed by atoms with Gasteiger partial charge in [-0.15, -0.1) is 11.3 Å². The van der Waals surface area contributed by atoms with Crippen LogP contribution in [0.15, 0.2) is 67.1 Å². The summed E-state index contributed by atoms with van der Waals surface area (Å²) < 4.78 is 1.04. The molecule has 174 valence electrons. The summed E-state index contributed by atoms with van der Waals surface area (Å²) in [6, 6.07) is 16.9. The predicted molar refractivity (Wildman–Crippen MR) is 139 cm³/mol. The first-order valence-corrected chi connectivity index (χ1v) is 12.8. The number of benzene rings is 2. The minimum Gasteiger partial charge on any atom is -0.331 e. The summed E-state index contributed by atoms with van der Waals surface area (Å²) in [7, 11) is 2.02. The molecule has 1 aliphatic rings. The van der Waals surface area contributed by atoms with Crippen LogP contribution in [0.1, 0.15) is 40.9 Å². The topological polar surface area (TPSA) is 58.1 Å². The fourth-order valence-electron chi connectivity index (χ4n) is 4.80. The van der Waals surface area contributed by atoms with Crippen LogP contribution in [-0.4, -0.2) is 39.9 Å². The van der Waals surface area contributed by atoms with Crippen molar-refractivity contribution in [1.82, 2.24) is 20.2 Å². The van der Waals surface area contributed by atoms with Gasteiger partial charge in [-0.25, -0.2) is 0 Å². The predicted octanol–water partition coefficient (Wildman–Crippen LogP) is 6.18. The average molecular weight is 491 g/mol. The monoisotopic (exact) mass is 490 g/mol. The first kappa shape index (κ1) is 23.0. The number of hydrogen-bond acceptors (Lipinski definition) is 5. The Labute approximate surface area is 208 Å². The standard InChI is InChI=1S/C27H27ClN4OS/c1-29-20-9-11-21(12-10-20)32(27(33)26-25(28)22-7-2-3-8-24(22)34-26)17-18-5-4-6-19(15-18)23-16-30-13-14-31-23/h2-8,13-16,20-21,29H,9-12,17H2,1H3/t20-,21-. The number of nitrogens with zero attached hydrogens (tertiary/aromatic N) is 3. The van der Waals surface area contributed by atoms with Crippen LogP contribution in [0, 0.1) is 0 Å². The van der Waals surface area contributed by atoms with Gasteiger partial charge >= 0.3 is 0 Å². The first-order valence-electron chi connectivity index (χ1n) is 11.6. The number of hydrogen-bond donors (Lipinski definition) is 1. The van der Waals surface area contributed by atoms with E-state index >= 15 is 0 Å². The van der Waals surface area contributed by atoms with Crippen LogP contribution in [0.2, 0.25) is 5.02 Å². The molecule has 0 bridgehead atoms. The van der Waals surface area contributed by atoms with Crippen molar-refractivity contribution in [2.45, 2.75) is 44.3 Å². The second-order valence-electron chi connectivity index (χ2n) is 8.76. The summed E-state index contributed by atoms with van der Waals surface area (Å²) >= 11 is 8.21. The van der Waals surface area contributed by atoms with E-state index in [4.69, 9.17) is 11.6 Å². The van der Waals surface area contributed by atoms with Crippen LogP contribution in [0.4, 0.5) is 0 Å². The van der Waals surface area contributed by atoms with Crippen LogP contribution >= 0.6 is 22.9 Å². The number of fused-ring (bicyclic) bond motifs is 1. The maximum atomic E-state index is 14.0. The molecule has 1 amide bonds. The number of thiophene rings is 1. The number of aromatic nitrogens is 2. The highest BCUT2D eigenvalue weighted by atomic mass is 35.5. The zero-order valence-corrected chi connectivity index (χ0v) is 20.6. The summed E-state index contributed by atoms with van der Waals surface area (Å²) in [6.45, 7) is 0.534. The van der Waals surface area contributed by atoms with E-state index in [1.54, 1.807) is 18.6 Å². The Morgan fingerprint density at radius 3 is 2.68 bits per heavy atom. The molecule has 2 heterocycles. The van der Waals surface area contributed by atoms with Crippen molar-refractivity contribution in [3.63, 3.8) is 0 Å². The lowest BCUT2D eigenvalue weighted by Crippen LogP contribution is -2.44. The molecule has 34 heavy (non-hydrogen) atoms.